The molecule has 1 fully saturated rings. The molecule has 154 valence electrons. The van der Waals surface area contributed by atoms with Crippen LogP contribution in [0.4, 0.5) is 10.3 Å². The Bertz CT molecular complexity index is 1020. The molecule has 2 aromatic heterocycles. The van der Waals surface area contributed by atoms with Gasteiger partial charge in [-0.15, -0.1) is 0 Å². The molecule has 0 bridgehead atoms. The zero-order chi connectivity index (χ0) is 20.9. The first-order chi connectivity index (χ1) is 14.6. The van der Waals surface area contributed by atoms with E-state index in [1.54, 1.807) is 36.5 Å². The van der Waals surface area contributed by atoms with Crippen molar-refractivity contribution in [2.45, 2.75) is 25.8 Å². The van der Waals surface area contributed by atoms with Crippen molar-refractivity contribution < 1.29 is 9.18 Å². The predicted molar refractivity (Wildman–Crippen MR) is 113 cm³/mol. The number of halogens is 1. The number of likely N-dealkylation sites (N-methyl/N-ethyl adjacent to an activating group) is 1. The first kappa shape index (κ1) is 19.9. The van der Waals surface area contributed by atoms with E-state index in [0.717, 1.165) is 42.8 Å². The van der Waals surface area contributed by atoms with Gasteiger partial charge in [0, 0.05) is 44.3 Å². The van der Waals surface area contributed by atoms with Crippen LogP contribution in [0.2, 0.25) is 0 Å². The summed E-state index contributed by atoms with van der Waals surface area (Å²) in [4.78, 5) is 30.0. The molecule has 0 unspecified atom stereocenters. The number of nitrogens with zero attached hydrogens (tertiary/aromatic N) is 5. The van der Waals surface area contributed by atoms with Crippen LogP contribution in [0.3, 0.4) is 0 Å². The van der Waals surface area contributed by atoms with E-state index in [4.69, 9.17) is 4.98 Å². The largest absolute Gasteiger partial charge is 0.341 e. The molecule has 0 aliphatic carbocycles. The van der Waals surface area contributed by atoms with Gasteiger partial charge in [-0.05, 0) is 48.2 Å². The van der Waals surface area contributed by atoms with Crippen molar-refractivity contribution in [2.75, 3.05) is 25.0 Å². The normalized spacial score (nSPS) is 13.5. The molecule has 0 spiro atoms. The number of hydrogen-bond donors (Lipinski definition) is 0. The number of benzene rings is 1. The number of rotatable bonds is 6. The second-order valence-corrected chi connectivity index (χ2v) is 7.52. The fourth-order valence-electron chi connectivity index (χ4n) is 3.64. The van der Waals surface area contributed by atoms with E-state index in [9.17, 15) is 9.18 Å². The van der Waals surface area contributed by atoms with Gasteiger partial charge in [0.1, 0.15) is 5.82 Å². The molecular formula is C23H24FN5O. The highest BCUT2D eigenvalue weighted by molar-refractivity contribution is 5.79. The van der Waals surface area contributed by atoms with Gasteiger partial charge in [0.15, 0.2) is 0 Å². The molecule has 30 heavy (non-hydrogen) atoms. The van der Waals surface area contributed by atoms with Gasteiger partial charge in [-0.3, -0.25) is 9.78 Å². The van der Waals surface area contributed by atoms with Gasteiger partial charge < -0.3 is 9.80 Å². The molecule has 4 rings (SSSR count). The Hall–Kier alpha value is -3.35. The zero-order valence-electron chi connectivity index (χ0n) is 17.0. The Labute approximate surface area is 175 Å². The maximum atomic E-state index is 13.4. The molecule has 1 saturated heterocycles. The Kier molecular flexibility index (Phi) is 5.97. The highest BCUT2D eigenvalue weighted by atomic mass is 19.1. The van der Waals surface area contributed by atoms with Gasteiger partial charge in [-0.2, -0.15) is 0 Å². The number of aromatic nitrogens is 3. The summed E-state index contributed by atoms with van der Waals surface area (Å²) in [5.41, 5.74) is 3.28. The smallest absolute Gasteiger partial charge is 0.227 e. The van der Waals surface area contributed by atoms with E-state index in [-0.39, 0.29) is 18.1 Å². The van der Waals surface area contributed by atoms with Crippen molar-refractivity contribution in [3.05, 3.63) is 72.1 Å². The first-order valence-electron chi connectivity index (χ1n) is 10.1. The SMILES string of the molecule is CN(Cc1nc(N2CCCC2)ncc1-c1ccncc1)C(=O)Cc1cccc(F)c1. The standard InChI is InChI=1S/C23H24FN5O/c1-28(22(30)14-17-5-4-6-19(24)13-17)16-21-20(18-7-9-25-10-8-18)15-26-23(27-21)29-11-2-3-12-29/h4-10,13,15H,2-3,11-12,14,16H2,1H3. The summed E-state index contributed by atoms with van der Waals surface area (Å²) in [7, 11) is 1.75. The summed E-state index contributed by atoms with van der Waals surface area (Å²) in [6.07, 6.45) is 7.70. The minimum atomic E-state index is -0.339. The average Bonchev–Trinajstić information content (AvgIpc) is 3.29. The molecule has 0 atom stereocenters. The van der Waals surface area contributed by atoms with Crippen molar-refractivity contribution in [1.29, 1.82) is 0 Å². The van der Waals surface area contributed by atoms with Crippen LogP contribution >= 0.6 is 0 Å². The maximum Gasteiger partial charge on any atom is 0.227 e. The van der Waals surface area contributed by atoms with Crippen LogP contribution in [0.1, 0.15) is 24.1 Å². The van der Waals surface area contributed by atoms with Crippen LogP contribution in [0.15, 0.2) is 55.0 Å². The molecule has 6 nitrogen and oxygen atoms in total. The fourth-order valence-corrected chi connectivity index (χ4v) is 3.64. The van der Waals surface area contributed by atoms with Crippen LogP contribution in [0, 0.1) is 5.82 Å². The minimum Gasteiger partial charge on any atom is -0.341 e. The van der Waals surface area contributed by atoms with Gasteiger partial charge in [0.05, 0.1) is 18.7 Å². The third-order valence-corrected chi connectivity index (χ3v) is 5.29. The number of carbonyl (C=O) groups excluding carboxylic acids is 1. The van der Waals surface area contributed by atoms with E-state index >= 15 is 0 Å². The molecule has 0 N–H and O–H groups in total. The van der Waals surface area contributed by atoms with E-state index in [0.29, 0.717) is 18.1 Å². The Morgan fingerprint density at radius 1 is 1.17 bits per heavy atom. The lowest BCUT2D eigenvalue weighted by molar-refractivity contribution is -0.129. The lowest BCUT2D eigenvalue weighted by Gasteiger charge is -2.21. The number of hydrogen-bond acceptors (Lipinski definition) is 5. The summed E-state index contributed by atoms with van der Waals surface area (Å²) in [5.74, 6) is 0.267. The third kappa shape index (κ3) is 4.62. The number of amides is 1. The van der Waals surface area contributed by atoms with Crippen molar-refractivity contribution in [2.24, 2.45) is 0 Å². The lowest BCUT2D eigenvalue weighted by atomic mass is 10.1. The number of anilines is 1. The summed E-state index contributed by atoms with van der Waals surface area (Å²) in [5, 5.41) is 0. The van der Waals surface area contributed by atoms with Crippen molar-refractivity contribution >= 4 is 11.9 Å². The van der Waals surface area contributed by atoms with Crippen molar-refractivity contribution in [3.8, 4) is 11.1 Å². The van der Waals surface area contributed by atoms with Gasteiger partial charge in [-0.25, -0.2) is 14.4 Å². The third-order valence-electron chi connectivity index (χ3n) is 5.29. The molecule has 0 saturated carbocycles. The van der Waals surface area contributed by atoms with Crippen molar-refractivity contribution in [1.82, 2.24) is 19.9 Å². The number of pyridine rings is 1. The van der Waals surface area contributed by atoms with Gasteiger partial charge in [-0.1, -0.05) is 12.1 Å². The molecular weight excluding hydrogens is 381 g/mol. The average molecular weight is 405 g/mol. The molecule has 3 heterocycles. The summed E-state index contributed by atoms with van der Waals surface area (Å²) in [6, 6.07) is 9.96. The monoisotopic (exact) mass is 405 g/mol. The van der Waals surface area contributed by atoms with Crippen LogP contribution in [-0.2, 0) is 17.8 Å². The molecule has 1 amide bonds. The highest BCUT2D eigenvalue weighted by Crippen LogP contribution is 2.25. The predicted octanol–water partition coefficient (Wildman–Crippen LogP) is 3.48. The highest BCUT2D eigenvalue weighted by Gasteiger charge is 2.19. The Morgan fingerprint density at radius 3 is 2.67 bits per heavy atom. The van der Waals surface area contributed by atoms with Crippen LogP contribution in [0.25, 0.3) is 11.1 Å². The van der Waals surface area contributed by atoms with Gasteiger partial charge >= 0.3 is 0 Å². The Balaban J connectivity index is 1.58. The fraction of sp³-hybridized carbons (Fsp3) is 0.304. The van der Waals surface area contributed by atoms with Crippen LogP contribution in [-0.4, -0.2) is 45.9 Å². The Morgan fingerprint density at radius 2 is 1.93 bits per heavy atom. The zero-order valence-corrected chi connectivity index (χ0v) is 17.0. The lowest BCUT2D eigenvalue weighted by Crippen LogP contribution is -2.29. The summed E-state index contributed by atoms with van der Waals surface area (Å²) < 4.78 is 13.4. The first-order valence-corrected chi connectivity index (χ1v) is 10.1. The van der Waals surface area contributed by atoms with Gasteiger partial charge in [0.25, 0.3) is 0 Å². The van der Waals surface area contributed by atoms with Crippen LogP contribution in [0.5, 0.6) is 0 Å². The molecule has 1 aliphatic rings. The molecule has 7 heteroatoms. The van der Waals surface area contributed by atoms with E-state index in [1.807, 2.05) is 18.3 Å². The number of carbonyl (C=O) groups is 1. The quantitative estimate of drug-likeness (QED) is 0.628. The minimum absolute atomic E-state index is 0.0948. The van der Waals surface area contributed by atoms with Crippen LogP contribution < -0.4 is 4.90 Å². The summed E-state index contributed by atoms with van der Waals surface area (Å²) >= 11 is 0. The second kappa shape index (κ2) is 8.98. The molecule has 3 aromatic rings. The van der Waals surface area contributed by atoms with E-state index in [1.165, 1.54) is 12.1 Å². The maximum absolute atomic E-state index is 13.4. The topological polar surface area (TPSA) is 62.2 Å². The van der Waals surface area contributed by atoms with E-state index < -0.39 is 0 Å². The molecule has 0 radical (unpaired) electrons. The molecule has 1 aliphatic heterocycles. The van der Waals surface area contributed by atoms with Crippen molar-refractivity contribution in [3.63, 3.8) is 0 Å². The summed E-state index contributed by atoms with van der Waals surface area (Å²) in [6.45, 7) is 2.24. The molecule has 1 aromatic carbocycles. The van der Waals surface area contributed by atoms with E-state index in [2.05, 4.69) is 14.9 Å². The second-order valence-electron chi connectivity index (χ2n) is 7.52. The van der Waals surface area contributed by atoms with Gasteiger partial charge in [0.2, 0.25) is 11.9 Å².